The molecule has 0 aromatic carbocycles. The number of carbonyl (C=O) groups excluding carboxylic acids is 3. The van der Waals surface area contributed by atoms with E-state index >= 15 is 0 Å². The standard InChI is InChI=1S/C11H18N2O3/c1-7(2)5-4-6-8(3)13-10(15)9(14)12-11(13)16/h7-8H,4-6H2,1-3H3,(H,12,14,16). The van der Waals surface area contributed by atoms with Crippen LogP contribution in [0.4, 0.5) is 4.79 Å². The zero-order valence-corrected chi connectivity index (χ0v) is 9.95. The molecule has 1 aliphatic heterocycles. The van der Waals surface area contributed by atoms with Crippen molar-refractivity contribution in [3.8, 4) is 0 Å². The van der Waals surface area contributed by atoms with Crippen LogP contribution >= 0.6 is 0 Å². The second-order valence-corrected chi connectivity index (χ2v) is 4.61. The Bertz CT molecular complexity index is 312. The summed E-state index contributed by atoms with van der Waals surface area (Å²) in [6.07, 6.45) is 2.75. The summed E-state index contributed by atoms with van der Waals surface area (Å²) in [5, 5.41) is 2.00. The van der Waals surface area contributed by atoms with E-state index in [1.165, 1.54) is 0 Å². The predicted molar refractivity (Wildman–Crippen MR) is 58.5 cm³/mol. The minimum atomic E-state index is -0.819. The van der Waals surface area contributed by atoms with Crippen LogP contribution in [0.3, 0.4) is 0 Å². The highest BCUT2D eigenvalue weighted by Gasteiger charge is 2.39. The lowest BCUT2D eigenvalue weighted by atomic mass is 10.0. The van der Waals surface area contributed by atoms with Crippen LogP contribution in [0.25, 0.3) is 0 Å². The van der Waals surface area contributed by atoms with Gasteiger partial charge in [-0.3, -0.25) is 19.8 Å². The molecule has 16 heavy (non-hydrogen) atoms. The van der Waals surface area contributed by atoms with Crippen molar-refractivity contribution in [2.24, 2.45) is 5.92 Å². The fourth-order valence-corrected chi connectivity index (χ4v) is 1.76. The van der Waals surface area contributed by atoms with Gasteiger partial charge in [0.2, 0.25) is 0 Å². The van der Waals surface area contributed by atoms with Crippen LogP contribution in [0, 0.1) is 5.92 Å². The molecule has 1 saturated heterocycles. The summed E-state index contributed by atoms with van der Waals surface area (Å²) >= 11 is 0. The molecule has 0 aromatic rings. The van der Waals surface area contributed by atoms with E-state index < -0.39 is 17.8 Å². The molecule has 1 N–H and O–H groups in total. The highest BCUT2D eigenvalue weighted by molar-refractivity contribution is 6.44. The minimum Gasteiger partial charge on any atom is -0.269 e. The van der Waals surface area contributed by atoms with Crippen LogP contribution in [-0.4, -0.2) is 28.8 Å². The molecule has 1 rings (SSSR count). The van der Waals surface area contributed by atoms with Crippen LogP contribution in [0.15, 0.2) is 0 Å². The molecule has 0 saturated carbocycles. The first-order chi connectivity index (χ1) is 7.43. The zero-order valence-electron chi connectivity index (χ0n) is 9.95. The first kappa shape index (κ1) is 12.7. The number of hydrogen-bond acceptors (Lipinski definition) is 3. The molecule has 0 aliphatic carbocycles. The van der Waals surface area contributed by atoms with Crippen molar-refractivity contribution in [3.63, 3.8) is 0 Å². The molecule has 1 aliphatic rings. The molecule has 5 nitrogen and oxygen atoms in total. The highest BCUT2D eigenvalue weighted by Crippen LogP contribution is 2.15. The van der Waals surface area contributed by atoms with Gasteiger partial charge in [0.25, 0.3) is 0 Å². The molecular formula is C11H18N2O3. The SMILES string of the molecule is CC(C)CCCC(C)N1C(=O)NC(=O)C1=O. The third kappa shape index (κ3) is 2.81. The molecular weight excluding hydrogens is 208 g/mol. The average molecular weight is 226 g/mol. The first-order valence-corrected chi connectivity index (χ1v) is 5.62. The Kier molecular flexibility index (Phi) is 4.04. The van der Waals surface area contributed by atoms with Crippen molar-refractivity contribution in [2.75, 3.05) is 0 Å². The van der Waals surface area contributed by atoms with Crippen molar-refractivity contribution >= 4 is 17.8 Å². The van der Waals surface area contributed by atoms with Gasteiger partial charge in [-0.25, -0.2) is 4.79 Å². The summed E-state index contributed by atoms with van der Waals surface area (Å²) in [5.41, 5.74) is 0. The van der Waals surface area contributed by atoms with Gasteiger partial charge >= 0.3 is 17.8 Å². The Hall–Kier alpha value is -1.39. The van der Waals surface area contributed by atoms with Crippen molar-refractivity contribution in [2.45, 2.75) is 46.1 Å². The van der Waals surface area contributed by atoms with Gasteiger partial charge in [0, 0.05) is 6.04 Å². The number of amides is 4. The highest BCUT2D eigenvalue weighted by atomic mass is 16.2. The lowest BCUT2D eigenvalue weighted by Crippen LogP contribution is -2.38. The summed E-state index contributed by atoms with van der Waals surface area (Å²) in [7, 11) is 0. The van der Waals surface area contributed by atoms with Crippen molar-refractivity contribution < 1.29 is 14.4 Å². The summed E-state index contributed by atoms with van der Waals surface area (Å²) in [6.45, 7) is 6.04. The van der Waals surface area contributed by atoms with E-state index in [1.807, 2.05) is 5.32 Å². The Balaban J connectivity index is 2.47. The van der Waals surface area contributed by atoms with Gasteiger partial charge in [-0.1, -0.05) is 26.7 Å². The van der Waals surface area contributed by atoms with E-state index in [2.05, 4.69) is 13.8 Å². The Morgan fingerprint density at radius 2 is 1.75 bits per heavy atom. The van der Waals surface area contributed by atoms with Gasteiger partial charge in [-0.05, 0) is 19.3 Å². The first-order valence-electron chi connectivity index (χ1n) is 5.62. The number of carbonyl (C=O) groups is 3. The summed E-state index contributed by atoms with van der Waals surface area (Å²) in [4.78, 5) is 34.6. The number of hydrogen-bond donors (Lipinski definition) is 1. The second kappa shape index (κ2) is 5.09. The molecule has 0 bridgehead atoms. The van der Waals surface area contributed by atoms with E-state index in [4.69, 9.17) is 0 Å². The van der Waals surface area contributed by atoms with Crippen LogP contribution < -0.4 is 5.32 Å². The van der Waals surface area contributed by atoms with Crippen molar-refractivity contribution in [3.05, 3.63) is 0 Å². The molecule has 1 unspecified atom stereocenters. The Morgan fingerprint density at radius 3 is 2.19 bits per heavy atom. The molecule has 0 aromatic heterocycles. The van der Waals surface area contributed by atoms with E-state index in [0.717, 1.165) is 24.2 Å². The largest absolute Gasteiger partial charge is 0.331 e. The van der Waals surface area contributed by atoms with Crippen LogP contribution in [0.2, 0.25) is 0 Å². The Labute approximate surface area is 95.2 Å². The second-order valence-electron chi connectivity index (χ2n) is 4.61. The van der Waals surface area contributed by atoms with Crippen LogP contribution in [-0.2, 0) is 9.59 Å². The topological polar surface area (TPSA) is 66.5 Å². The molecule has 0 radical (unpaired) electrons. The van der Waals surface area contributed by atoms with E-state index in [1.54, 1.807) is 6.92 Å². The number of rotatable bonds is 5. The maximum absolute atomic E-state index is 11.3. The zero-order chi connectivity index (χ0) is 12.3. The van der Waals surface area contributed by atoms with E-state index in [0.29, 0.717) is 5.92 Å². The minimum absolute atomic E-state index is 0.210. The van der Waals surface area contributed by atoms with Gasteiger partial charge in [0.15, 0.2) is 0 Å². The third-order valence-corrected chi connectivity index (χ3v) is 2.70. The monoisotopic (exact) mass is 226 g/mol. The smallest absolute Gasteiger partial charge is 0.269 e. The van der Waals surface area contributed by atoms with Crippen LogP contribution in [0.5, 0.6) is 0 Å². The van der Waals surface area contributed by atoms with Gasteiger partial charge in [-0.15, -0.1) is 0 Å². The third-order valence-electron chi connectivity index (χ3n) is 2.70. The molecule has 90 valence electrons. The predicted octanol–water partition coefficient (Wildman–Crippen LogP) is 1.28. The van der Waals surface area contributed by atoms with Gasteiger partial charge in [0.05, 0.1) is 0 Å². The van der Waals surface area contributed by atoms with Crippen molar-refractivity contribution in [1.82, 2.24) is 10.2 Å². The van der Waals surface area contributed by atoms with E-state index in [-0.39, 0.29) is 6.04 Å². The fraction of sp³-hybridized carbons (Fsp3) is 0.727. The maximum atomic E-state index is 11.3. The molecule has 4 amide bonds. The summed E-state index contributed by atoms with van der Waals surface area (Å²) < 4.78 is 0. The Morgan fingerprint density at radius 1 is 1.12 bits per heavy atom. The molecule has 1 fully saturated rings. The lowest BCUT2D eigenvalue weighted by molar-refractivity contribution is -0.141. The molecule has 5 heteroatoms. The number of urea groups is 1. The quantitative estimate of drug-likeness (QED) is 0.567. The molecule has 1 heterocycles. The van der Waals surface area contributed by atoms with Gasteiger partial charge in [0.1, 0.15) is 0 Å². The normalized spacial score (nSPS) is 18.2. The maximum Gasteiger partial charge on any atom is 0.331 e. The van der Waals surface area contributed by atoms with Crippen LogP contribution in [0.1, 0.15) is 40.0 Å². The van der Waals surface area contributed by atoms with Gasteiger partial charge in [-0.2, -0.15) is 0 Å². The van der Waals surface area contributed by atoms with Gasteiger partial charge < -0.3 is 0 Å². The lowest BCUT2D eigenvalue weighted by Gasteiger charge is -2.20. The van der Waals surface area contributed by atoms with E-state index in [9.17, 15) is 14.4 Å². The molecule has 1 atom stereocenters. The summed E-state index contributed by atoms with van der Waals surface area (Å²) in [6, 6.07) is -0.801. The van der Waals surface area contributed by atoms with Crippen molar-refractivity contribution in [1.29, 1.82) is 0 Å². The summed E-state index contributed by atoms with van der Waals surface area (Å²) in [5.74, 6) is -0.945. The molecule has 0 spiro atoms. The average Bonchev–Trinajstić information content (AvgIpc) is 2.40. The number of nitrogens with one attached hydrogen (secondary N) is 1. The fourth-order valence-electron chi connectivity index (χ4n) is 1.76. The number of nitrogens with zero attached hydrogens (tertiary/aromatic N) is 1. The number of imide groups is 2.